The molecule has 0 spiro atoms. The van der Waals surface area contributed by atoms with Crippen molar-refractivity contribution in [2.75, 3.05) is 26.8 Å². The summed E-state index contributed by atoms with van der Waals surface area (Å²) in [5.41, 5.74) is 6.76. The molecule has 3 amide bonds. The average Bonchev–Trinajstić information content (AvgIpc) is 4.22. The number of aromatic nitrogens is 4. The van der Waals surface area contributed by atoms with E-state index in [0.717, 1.165) is 76.9 Å². The minimum atomic E-state index is -1.30. The Labute approximate surface area is 377 Å². The number of carbonyl (C=O) groups excluding carboxylic acids is 3. The fraction of sp³-hybridized carbons (Fsp3) is 0.314. The molecule has 3 aliphatic heterocycles. The zero-order valence-corrected chi connectivity index (χ0v) is 36.2. The second kappa shape index (κ2) is 19.9. The molecule has 4 aromatic carbocycles. The molecule has 2 aromatic heterocycles. The number of hydrogen-bond donors (Lipinski definition) is 5. The van der Waals surface area contributed by atoms with E-state index in [-0.39, 0.29) is 29.8 Å². The van der Waals surface area contributed by atoms with Gasteiger partial charge in [-0.2, -0.15) is 0 Å². The van der Waals surface area contributed by atoms with E-state index in [1.54, 1.807) is 12.4 Å². The van der Waals surface area contributed by atoms with Gasteiger partial charge in [0.2, 0.25) is 24.1 Å². The highest BCUT2D eigenvalue weighted by atomic mass is 16.6. The quantitative estimate of drug-likeness (QED) is 0.0642. The Morgan fingerprint density at radius 2 is 1.18 bits per heavy atom. The fourth-order valence-corrected chi connectivity index (χ4v) is 9.00. The van der Waals surface area contributed by atoms with E-state index in [9.17, 15) is 19.5 Å². The first kappa shape index (κ1) is 43.4. The van der Waals surface area contributed by atoms with Gasteiger partial charge in [0, 0.05) is 37.9 Å². The molecular formula is C51H52N8O6. The van der Waals surface area contributed by atoms with Crippen LogP contribution in [0.15, 0.2) is 122 Å². The topological polar surface area (TPSA) is 178 Å². The van der Waals surface area contributed by atoms with Crippen LogP contribution in [0.3, 0.4) is 0 Å². The number of aliphatic hydroxyl groups excluding tert-OH is 1. The predicted octanol–water partition coefficient (Wildman–Crippen LogP) is 6.48. The van der Waals surface area contributed by atoms with Crippen LogP contribution in [0.25, 0.3) is 22.5 Å². The molecule has 3 saturated heterocycles. The second-order valence-electron chi connectivity index (χ2n) is 16.6. The molecule has 5 heterocycles. The van der Waals surface area contributed by atoms with Gasteiger partial charge in [0.1, 0.15) is 29.8 Å². The molecule has 0 radical (unpaired) electrons. The number of rotatable bonds is 13. The standard InChI is InChI=1S/C51H52N8O6/c1-64-51(63)57-45(38-13-6-3-7-14-38)50(62)59-29-9-16-42(59)47-53-32-40(55-47)36-26-22-34(23-27-36)19-18-33-20-24-35(25-21-33)39-31-52-46(54-39)41-15-8-28-58(41)49(61)44(37-11-4-2-5-12-37)56-48(60)43-17-10-30-65-43/h2-7,11-14,20-27,31-32,41-45,51,57,63H,8-10,15-17,28-30H2,1H3,(H,52,54)(H,53,55)(H,56,60)/t41-,42-,43-,44+,45+,51?/m0/s1. The van der Waals surface area contributed by atoms with Crippen molar-refractivity contribution in [3.63, 3.8) is 0 Å². The van der Waals surface area contributed by atoms with Gasteiger partial charge in [0.05, 0.1) is 35.9 Å². The first-order chi connectivity index (χ1) is 31.8. The summed E-state index contributed by atoms with van der Waals surface area (Å²) in [7, 11) is 1.38. The monoisotopic (exact) mass is 872 g/mol. The predicted molar refractivity (Wildman–Crippen MR) is 243 cm³/mol. The Kier molecular flexibility index (Phi) is 13.3. The summed E-state index contributed by atoms with van der Waals surface area (Å²) in [6, 6.07) is 32.5. The zero-order valence-electron chi connectivity index (χ0n) is 36.2. The lowest BCUT2D eigenvalue weighted by atomic mass is 10.0. The lowest BCUT2D eigenvalue weighted by Gasteiger charge is -2.29. The summed E-state index contributed by atoms with van der Waals surface area (Å²) in [4.78, 5) is 61.3. The van der Waals surface area contributed by atoms with Gasteiger partial charge in [-0.3, -0.25) is 19.7 Å². The van der Waals surface area contributed by atoms with Crippen molar-refractivity contribution in [3.8, 4) is 34.4 Å². The zero-order chi connectivity index (χ0) is 44.7. The van der Waals surface area contributed by atoms with Crippen molar-refractivity contribution >= 4 is 17.7 Å². The molecule has 6 aromatic rings. The third kappa shape index (κ3) is 9.79. The number of nitrogens with one attached hydrogen (secondary N) is 4. The third-order valence-corrected chi connectivity index (χ3v) is 12.4. The van der Waals surface area contributed by atoms with Gasteiger partial charge in [-0.05, 0) is 85.0 Å². The summed E-state index contributed by atoms with van der Waals surface area (Å²) in [5, 5.41) is 16.1. The molecule has 0 saturated carbocycles. The Morgan fingerprint density at radius 1 is 0.692 bits per heavy atom. The minimum absolute atomic E-state index is 0.158. The van der Waals surface area contributed by atoms with Gasteiger partial charge in [-0.25, -0.2) is 9.97 Å². The molecule has 14 nitrogen and oxygen atoms in total. The molecule has 14 heteroatoms. The molecule has 9 rings (SSSR count). The first-order valence-corrected chi connectivity index (χ1v) is 22.3. The maximum absolute atomic E-state index is 14.2. The molecular weight excluding hydrogens is 821 g/mol. The molecule has 0 bridgehead atoms. The van der Waals surface area contributed by atoms with Gasteiger partial charge < -0.3 is 39.7 Å². The van der Waals surface area contributed by atoms with Crippen molar-refractivity contribution in [3.05, 3.63) is 155 Å². The van der Waals surface area contributed by atoms with E-state index in [0.29, 0.717) is 37.8 Å². The number of methoxy groups -OCH3 is 1. The SMILES string of the molecule is COC(O)N[C@@H](C(=O)N1CCC[C@H]1c1ncc(-c2ccc(C#Cc3ccc(-c4cnc([C@@H]5CCCN5C(=O)[C@H](NC(=O)[C@@H]5CCCO5)c5ccccc5)[nH]4)cc3)cc2)[nH]1)c1ccccc1. The molecule has 5 N–H and O–H groups in total. The van der Waals surface area contributed by atoms with Crippen LogP contribution < -0.4 is 10.6 Å². The number of hydrogen-bond acceptors (Lipinski definition) is 9. The number of ether oxygens (including phenoxy) is 2. The molecule has 3 aliphatic rings. The first-order valence-electron chi connectivity index (χ1n) is 22.3. The smallest absolute Gasteiger partial charge is 0.250 e. The van der Waals surface area contributed by atoms with E-state index < -0.39 is 24.6 Å². The molecule has 0 aliphatic carbocycles. The number of H-pyrrole nitrogens is 2. The molecule has 332 valence electrons. The molecule has 6 atom stereocenters. The van der Waals surface area contributed by atoms with Crippen LogP contribution in [0.5, 0.6) is 0 Å². The van der Waals surface area contributed by atoms with Crippen LogP contribution in [-0.2, 0) is 23.9 Å². The van der Waals surface area contributed by atoms with Crippen LogP contribution in [0.2, 0.25) is 0 Å². The maximum Gasteiger partial charge on any atom is 0.250 e. The summed E-state index contributed by atoms with van der Waals surface area (Å²) in [6.07, 6.45) is 6.42. The van der Waals surface area contributed by atoms with E-state index >= 15 is 0 Å². The number of carbonyl (C=O) groups is 3. The van der Waals surface area contributed by atoms with Crippen molar-refractivity contribution < 1.29 is 29.0 Å². The van der Waals surface area contributed by atoms with Gasteiger partial charge >= 0.3 is 0 Å². The van der Waals surface area contributed by atoms with Crippen LogP contribution in [-0.4, -0.2) is 91.9 Å². The van der Waals surface area contributed by atoms with Gasteiger partial charge in [-0.15, -0.1) is 0 Å². The van der Waals surface area contributed by atoms with E-state index in [2.05, 4.69) is 32.4 Å². The summed E-state index contributed by atoms with van der Waals surface area (Å²) < 4.78 is 10.6. The fourth-order valence-electron chi connectivity index (χ4n) is 9.00. The number of imidazole rings is 2. The highest BCUT2D eigenvalue weighted by Gasteiger charge is 2.39. The van der Waals surface area contributed by atoms with E-state index in [4.69, 9.17) is 19.4 Å². The van der Waals surface area contributed by atoms with Gasteiger partial charge in [0.15, 0.2) is 0 Å². The third-order valence-electron chi connectivity index (χ3n) is 12.4. The molecule has 1 unspecified atom stereocenters. The van der Waals surface area contributed by atoms with Crippen LogP contribution in [0.4, 0.5) is 0 Å². The lowest BCUT2D eigenvalue weighted by Crippen LogP contribution is -2.45. The van der Waals surface area contributed by atoms with Crippen molar-refractivity contribution in [2.24, 2.45) is 0 Å². The van der Waals surface area contributed by atoms with Crippen LogP contribution in [0, 0.1) is 11.8 Å². The maximum atomic E-state index is 14.2. The average molecular weight is 873 g/mol. The van der Waals surface area contributed by atoms with Gasteiger partial charge in [-0.1, -0.05) is 96.8 Å². The normalized spacial score (nSPS) is 19.6. The second-order valence-corrected chi connectivity index (χ2v) is 16.6. The number of amides is 3. The Balaban J connectivity index is 0.830. The Hall–Kier alpha value is -6.89. The molecule has 65 heavy (non-hydrogen) atoms. The Morgan fingerprint density at radius 3 is 1.66 bits per heavy atom. The summed E-state index contributed by atoms with van der Waals surface area (Å²) in [6.45, 7) is 1.69. The summed E-state index contributed by atoms with van der Waals surface area (Å²) >= 11 is 0. The minimum Gasteiger partial charge on any atom is -0.368 e. The Bertz CT molecular complexity index is 2630. The van der Waals surface area contributed by atoms with Crippen LogP contribution >= 0.6 is 0 Å². The number of aliphatic hydroxyl groups is 1. The van der Waals surface area contributed by atoms with Crippen molar-refractivity contribution in [2.45, 2.75) is 75.2 Å². The number of aromatic amines is 2. The van der Waals surface area contributed by atoms with Gasteiger partial charge in [0.25, 0.3) is 0 Å². The van der Waals surface area contributed by atoms with Crippen molar-refractivity contribution in [1.82, 2.24) is 40.4 Å². The van der Waals surface area contributed by atoms with Crippen LogP contribution in [0.1, 0.15) is 96.6 Å². The number of benzene rings is 4. The van der Waals surface area contributed by atoms with E-state index in [1.165, 1.54) is 7.11 Å². The largest absolute Gasteiger partial charge is 0.368 e. The highest BCUT2D eigenvalue weighted by Crippen LogP contribution is 2.36. The number of nitrogens with zero attached hydrogens (tertiary/aromatic N) is 4. The molecule has 3 fully saturated rings. The van der Waals surface area contributed by atoms with Crippen molar-refractivity contribution in [1.29, 1.82) is 0 Å². The summed E-state index contributed by atoms with van der Waals surface area (Å²) in [5.74, 6) is 7.38. The highest BCUT2D eigenvalue weighted by molar-refractivity contribution is 5.91. The lowest BCUT2D eigenvalue weighted by molar-refractivity contribution is -0.143. The number of likely N-dealkylation sites (tertiary alicyclic amines) is 2. The van der Waals surface area contributed by atoms with E-state index in [1.807, 2.05) is 119 Å².